The number of carboxylic acid groups (broad SMARTS) is 1. The molecule has 1 aromatic carbocycles. The molecule has 2 rings (SSSR count). The van der Waals surface area contributed by atoms with Crippen LogP contribution >= 0.6 is 0 Å². The van der Waals surface area contributed by atoms with E-state index in [1.165, 1.54) is 0 Å². The first-order valence-electron chi connectivity index (χ1n) is 6.46. The maximum atomic E-state index is 11.8. The van der Waals surface area contributed by atoms with Crippen LogP contribution < -0.4 is 5.32 Å². The zero-order valence-corrected chi connectivity index (χ0v) is 10.9. The number of nitrogens with one attached hydrogen (secondary N) is 1. The second-order valence-electron chi connectivity index (χ2n) is 4.69. The third-order valence-electron chi connectivity index (χ3n) is 3.39. The van der Waals surface area contributed by atoms with E-state index in [0.29, 0.717) is 13.1 Å². The number of nitrogens with zero attached hydrogens (tertiary/aromatic N) is 1. The first-order valence-corrected chi connectivity index (χ1v) is 6.46. The van der Waals surface area contributed by atoms with Crippen LogP contribution in [-0.4, -0.2) is 41.0 Å². The lowest BCUT2D eigenvalue weighted by Gasteiger charge is -2.34. The van der Waals surface area contributed by atoms with Gasteiger partial charge in [-0.1, -0.05) is 19.1 Å². The molecule has 1 heterocycles. The Bertz CT molecular complexity index is 487. The van der Waals surface area contributed by atoms with Crippen molar-refractivity contribution in [3.8, 4) is 0 Å². The fourth-order valence-corrected chi connectivity index (χ4v) is 2.43. The van der Waals surface area contributed by atoms with Crippen molar-refractivity contribution >= 4 is 11.9 Å². The van der Waals surface area contributed by atoms with Crippen LogP contribution in [0.25, 0.3) is 0 Å². The Labute approximate surface area is 112 Å². The molecule has 5 nitrogen and oxygen atoms in total. The predicted octanol–water partition coefficient (Wildman–Crippen LogP) is 1.10. The molecule has 1 unspecified atom stereocenters. The van der Waals surface area contributed by atoms with Crippen LogP contribution in [0.5, 0.6) is 0 Å². The van der Waals surface area contributed by atoms with Crippen molar-refractivity contribution in [2.24, 2.45) is 0 Å². The van der Waals surface area contributed by atoms with Crippen molar-refractivity contribution in [1.29, 1.82) is 0 Å². The number of carbonyl (C=O) groups excluding carboxylic acids is 1. The van der Waals surface area contributed by atoms with Gasteiger partial charge in [0.05, 0.1) is 11.6 Å². The summed E-state index contributed by atoms with van der Waals surface area (Å²) in [6.07, 6.45) is 0.754. The van der Waals surface area contributed by atoms with Gasteiger partial charge >= 0.3 is 5.97 Å². The van der Waals surface area contributed by atoms with Crippen molar-refractivity contribution in [1.82, 2.24) is 10.2 Å². The molecule has 1 aliphatic rings. The number of piperazine rings is 1. The number of amides is 1. The number of hydrogen-bond donors (Lipinski definition) is 2. The fraction of sp³-hybridized carbons (Fsp3) is 0.429. The van der Waals surface area contributed by atoms with E-state index < -0.39 is 5.97 Å². The van der Waals surface area contributed by atoms with Gasteiger partial charge in [0.15, 0.2) is 0 Å². The van der Waals surface area contributed by atoms with Gasteiger partial charge in [0.2, 0.25) is 5.91 Å². The zero-order valence-electron chi connectivity index (χ0n) is 10.9. The van der Waals surface area contributed by atoms with Gasteiger partial charge in [0.1, 0.15) is 0 Å². The fourth-order valence-electron chi connectivity index (χ4n) is 2.43. The predicted molar refractivity (Wildman–Crippen MR) is 70.9 cm³/mol. The van der Waals surface area contributed by atoms with Gasteiger partial charge in [0.25, 0.3) is 0 Å². The third kappa shape index (κ3) is 3.12. The minimum atomic E-state index is -0.926. The second kappa shape index (κ2) is 5.84. The van der Waals surface area contributed by atoms with E-state index in [9.17, 15) is 9.59 Å². The number of hydrogen-bond acceptors (Lipinski definition) is 3. The minimum Gasteiger partial charge on any atom is -0.478 e. The normalized spacial score (nSPS) is 20.1. The standard InChI is InChI=1S/C14H18N2O3/c1-2-12-13(17)15-6-7-16(12)9-10-4-3-5-11(8-10)14(18)19/h3-5,8,12H,2,6-7,9H2,1H3,(H,15,17)(H,18,19). The van der Waals surface area contributed by atoms with Gasteiger partial charge in [0, 0.05) is 19.6 Å². The molecular formula is C14H18N2O3. The third-order valence-corrected chi connectivity index (χ3v) is 3.39. The van der Waals surface area contributed by atoms with Crippen molar-refractivity contribution < 1.29 is 14.7 Å². The molecule has 1 aliphatic heterocycles. The van der Waals surface area contributed by atoms with Gasteiger partial charge in [-0.3, -0.25) is 9.69 Å². The number of rotatable bonds is 4. The van der Waals surface area contributed by atoms with E-state index in [1.807, 2.05) is 13.0 Å². The molecule has 0 saturated carbocycles. The molecule has 19 heavy (non-hydrogen) atoms. The Balaban J connectivity index is 2.13. The highest BCUT2D eigenvalue weighted by Crippen LogP contribution is 2.14. The average molecular weight is 262 g/mol. The average Bonchev–Trinajstić information content (AvgIpc) is 2.39. The van der Waals surface area contributed by atoms with E-state index in [4.69, 9.17) is 5.11 Å². The number of aromatic carboxylic acids is 1. The van der Waals surface area contributed by atoms with Crippen LogP contribution in [0, 0.1) is 0 Å². The lowest BCUT2D eigenvalue weighted by atomic mass is 10.1. The SMILES string of the molecule is CCC1C(=O)NCCN1Cc1cccc(C(=O)O)c1. The maximum absolute atomic E-state index is 11.8. The van der Waals surface area contributed by atoms with Crippen LogP contribution in [0.2, 0.25) is 0 Å². The second-order valence-corrected chi connectivity index (χ2v) is 4.69. The molecule has 0 bridgehead atoms. The molecule has 1 atom stereocenters. The van der Waals surface area contributed by atoms with Crippen LogP contribution in [0.15, 0.2) is 24.3 Å². The summed E-state index contributed by atoms with van der Waals surface area (Å²) in [5.41, 5.74) is 1.21. The first-order chi connectivity index (χ1) is 9.11. The molecule has 0 spiro atoms. The van der Waals surface area contributed by atoms with Crippen molar-refractivity contribution in [2.75, 3.05) is 13.1 Å². The van der Waals surface area contributed by atoms with Crippen molar-refractivity contribution in [3.63, 3.8) is 0 Å². The summed E-state index contributed by atoms with van der Waals surface area (Å²) in [7, 11) is 0. The Morgan fingerprint density at radius 2 is 2.32 bits per heavy atom. The van der Waals surface area contributed by atoms with Crippen LogP contribution in [-0.2, 0) is 11.3 Å². The highest BCUT2D eigenvalue weighted by Gasteiger charge is 2.27. The highest BCUT2D eigenvalue weighted by atomic mass is 16.4. The number of benzene rings is 1. The largest absolute Gasteiger partial charge is 0.478 e. The van der Waals surface area contributed by atoms with E-state index >= 15 is 0 Å². The van der Waals surface area contributed by atoms with Crippen LogP contribution in [0.4, 0.5) is 0 Å². The zero-order chi connectivity index (χ0) is 13.8. The molecule has 1 amide bonds. The molecule has 5 heteroatoms. The van der Waals surface area contributed by atoms with Gasteiger partial charge < -0.3 is 10.4 Å². The molecule has 0 radical (unpaired) electrons. The molecule has 0 aromatic heterocycles. The molecule has 102 valence electrons. The van der Waals surface area contributed by atoms with Gasteiger partial charge in [-0.05, 0) is 24.1 Å². The quantitative estimate of drug-likeness (QED) is 0.852. The van der Waals surface area contributed by atoms with Crippen molar-refractivity contribution in [3.05, 3.63) is 35.4 Å². The summed E-state index contributed by atoms with van der Waals surface area (Å²) in [4.78, 5) is 24.8. The highest BCUT2D eigenvalue weighted by molar-refractivity contribution is 5.87. The van der Waals surface area contributed by atoms with Gasteiger partial charge in [-0.15, -0.1) is 0 Å². The van der Waals surface area contributed by atoms with Crippen molar-refractivity contribution in [2.45, 2.75) is 25.9 Å². The molecule has 1 fully saturated rings. The number of carboxylic acids is 1. The first kappa shape index (κ1) is 13.5. The summed E-state index contributed by atoms with van der Waals surface area (Å²) in [6, 6.07) is 6.76. The van der Waals surface area contributed by atoms with Crippen LogP contribution in [0.3, 0.4) is 0 Å². The summed E-state index contributed by atoms with van der Waals surface area (Å²) in [5, 5.41) is 11.8. The Morgan fingerprint density at radius 3 is 3.00 bits per heavy atom. The maximum Gasteiger partial charge on any atom is 0.335 e. The van der Waals surface area contributed by atoms with E-state index in [-0.39, 0.29) is 17.5 Å². The van der Waals surface area contributed by atoms with E-state index in [2.05, 4.69) is 10.2 Å². The monoisotopic (exact) mass is 262 g/mol. The molecular weight excluding hydrogens is 244 g/mol. The van der Waals surface area contributed by atoms with E-state index in [0.717, 1.165) is 18.5 Å². The van der Waals surface area contributed by atoms with Crippen LogP contribution in [0.1, 0.15) is 29.3 Å². The van der Waals surface area contributed by atoms with Gasteiger partial charge in [-0.25, -0.2) is 4.79 Å². The summed E-state index contributed by atoms with van der Waals surface area (Å²) in [6.45, 7) is 4.03. The smallest absolute Gasteiger partial charge is 0.335 e. The summed E-state index contributed by atoms with van der Waals surface area (Å²) in [5.74, 6) is -0.867. The topological polar surface area (TPSA) is 69.6 Å². The lowest BCUT2D eigenvalue weighted by Crippen LogP contribution is -2.54. The minimum absolute atomic E-state index is 0.0585. The molecule has 1 saturated heterocycles. The lowest BCUT2D eigenvalue weighted by molar-refractivity contribution is -0.129. The Kier molecular flexibility index (Phi) is 4.16. The van der Waals surface area contributed by atoms with E-state index in [1.54, 1.807) is 18.2 Å². The Morgan fingerprint density at radius 1 is 1.53 bits per heavy atom. The number of carbonyl (C=O) groups is 2. The molecule has 0 aliphatic carbocycles. The summed E-state index contributed by atoms with van der Waals surface area (Å²) < 4.78 is 0. The Hall–Kier alpha value is -1.88. The molecule has 2 N–H and O–H groups in total. The summed E-state index contributed by atoms with van der Waals surface area (Å²) >= 11 is 0. The molecule has 1 aromatic rings. The van der Waals surface area contributed by atoms with Gasteiger partial charge in [-0.2, -0.15) is 0 Å².